The van der Waals surface area contributed by atoms with Crippen molar-refractivity contribution < 1.29 is 38.9 Å². The van der Waals surface area contributed by atoms with Crippen LogP contribution >= 0.6 is 11.6 Å². The third-order valence-corrected chi connectivity index (χ3v) is 8.26. The molecule has 0 bridgehead atoms. The minimum atomic E-state index is -1.06. The molecule has 8 nitrogen and oxygen atoms in total. The highest BCUT2D eigenvalue weighted by Gasteiger charge is 2.39. The molecule has 2 aliphatic carbocycles. The second-order valence-electron chi connectivity index (χ2n) is 10.8. The van der Waals surface area contributed by atoms with Crippen LogP contribution in [0.4, 0.5) is 0 Å². The number of carbonyl (C=O) groups excluding carboxylic acids is 2. The smallest absolute Gasteiger partial charge is 0.315 e. The minimum Gasteiger partial charge on any atom is -0.481 e. The summed E-state index contributed by atoms with van der Waals surface area (Å²) in [6.07, 6.45) is 4.72. The molecule has 9 heteroatoms. The van der Waals surface area contributed by atoms with E-state index in [1.54, 1.807) is 42.5 Å². The molecule has 2 aliphatic rings. The van der Waals surface area contributed by atoms with Crippen LogP contribution in [-0.4, -0.2) is 34.1 Å². The number of carbonyl (C=O) groups is 4. The molecule has 0 amide bonds. The molecule has 0 saturated heterocycles. The van der Waals surface area contributed by atoms with Gasteiger partial charge in [-0.05, 0) is 57.7 Å². The van der Waals surface area contributed by atoms with Gasteiger partial charge in [0.05, 0.1) is 23.7 Å². The molecular formula is C32H29ClO8. The largest absolute Gasteiger partial charge is 0.481 e. The van der Waals surface area contributed by atoms with Crippen molar-refractivity contribution in [3.8, 4) is 11.5 Å². The Morgan fingerprint density at radius 1 is 0.683 bits per heavy atom. The number of benzene rings is 3. The first-order chi connectivity index (χ1) is 19.5. The van der Waals surface area contributed by atoms with Crippen molar-refractivity contribution in [3.05, 3.63) is 70.8 Å². The second-order valence-corrected chi connectivity index (χ2v) is 11.3. The lowest BCUT2D eigenvalue weighted by atomic mass is 9.80. The number of rotatable bonds is 6. The third-order valence-electron chi connectivity index (χ3n) is 8.03. The van der Waals surface area contributed by atoms with Crippen LogP contribution in [0.5, 0.6) is 11.5 Å². The molecule has 0 aliphatic heterocycles. The van der Waals surface area contributed by atoms with Crippen LogP contribution < -0.4 is 9.47 Å². The van der Waals surface area contributed by atoms with E-state index in [2.05, 4.69) is 0 Å². The van der Waals surface area contributed by atoms with Gasteiger partial charge in [-0.3, -0.25) is 19.2 Å². The minimum absolute atomic E-state index is 0.179. The summed E-state index contributed by atoms with van der Waals surface area (Å²) in [5.41, 5.74) is 1.82. The van der Waals surface area contributed by atoms with Crippen molar-refractivity contribution in [3.63, 3.8) is 0 Å². The van der Waals surface area contributed by atoms with Crippen molar-refractivity contribution in [2.75, 3.05) is 0 Å². The number of hydrogen-bond acceptors (Lipinski definition) is 6. The van der Waals surface area contributed by atoms with Crippen molar-refractivity contribution in [2.24, 2.45) is 23.7 Å². The number of allylic oxidation sites excluding steroid dienone is 4. The van der Waals surface area contributed by atoms with E-state index >= 15 is 0 Å². The number of aliphatic carboxylic acids is 2. The van der Waals surface area contributed by atoms with Gasteiger partial charge >= 0.3 is 23.9 Å². The van der Waals surface area contributed by atoms with Gasteiger partial charge in [0.15, 0.2) is 0 Å². The monoisotopic (exact) mass is 576 g/mol. The molecular weight excluding hydrogens is 548 g/mol. The Hall–Kier alpha value is -4.17. The molecule has 0 spiro atoms. The molecule has 41 heavy (non-hydrogen) atoms. The Morgan fingerprint density at radius 3 is 1.59 bits per heavy atom. The normalized spacial score (nSPS) is 22.5. The average Bonchev–Trinajstić information content (AvgIpc) is 2.94. The third kappa shape index (κ3) is 5.57. The summed E-state index contributed by atoms with van der Waals surface area (Å²) >= 11 is 6.35. The lowest BCUT2D eigenvalue weighted by Gasteiger charge is -2.27. The molecule has 212 valence electrons. The first-order valence-corrected chi connectivity index (χ1v) is 13.8. The molecule has 0 saturated carbocycles. The zero-order chi connectivity index (χ0) is 29.4. The SMILES string of the molecule is CC1=CCC(C(=O)Oc2c3ccccc3c(OC(=O)C3CC=C(C)CC3C(=O)O)c3cc(Cl)ccc23)C(C(=O)O)C1. The summed E-state index contributed by atoms with van der Waals surface area (Å²) in [6.45, 7) is 3.68. The fourth-order valence-corrected chi connectivity index (χ4v) is 5.99. The Kier molecular flexibility index (Phi) is 7.87. The fraction of sp³-hybridized carbons (Fsp3) is 0.312. The zero-order valence-corrected chi connectivity index (χ0v) is 23.3. The van der Waals surface area contributed by atoms with Crippen LogP contribution in [0.25, 0.3) is 21.5 Å². The molecule has 4 unspecified atom stereocenters. The van der Waals surface area contributed by atoms with Gasteiger partial charge in [0, 0.05) is 26.6 Å². The molecule has 2 N–H and O–H groups in total. The van der Waals surface area contributed by atoms with E-state index in [1.165, 1.54) is 0 Å². The zero-order valence-electron chi connectivity index (χ0n) is 22.6. The number of carboxylic acid groups (broad SMARTS) is 2. The molecule has 3 aromatic carbocycles. The number of fused-ring (bicyclic) bond motifs is 2. The maximum Gasteiger partial charge on any atom is 0.315 e. The molecule has 0 heterocycles. The topological polar surface area (TPSA) is 127 Å². The highest BCUT2D eigenvalue weighted by molar-refractivity contribution is 6.32. The summed E-state index contributed by atoms with van der Waals surface area (Å²) in [6, 6.07) is 11.8. The van der Waals surface area contributed by atoms with E-state index in [0.29, 0.717) is 26.6 Å². The summed E-state index contributed by atoms with van der Waals surface area (Å²) in [7, 11) is 0. The molecule has 0 fully saturated rings. The molecule has 0 radical (unpaired) electrons. The van der Waals surface area contributed by atoms with Crippen LogP contribution in [0.15, 0.2) is 65.8 Å². The van der Waals surface area contributed by atoms with Gasteiger partial charge in [-0.15, -0.1) is 0 Å². The molecule has 3 aromatic rings. The molecule has 5 rings (SSSR count). The standard InChI is InChI=1S/C32H29ClO8/c1-16-7-10-22(25(13-16)29(34)35)31(38)40-27-19-5-3-4-6-20(19)28(24-15-18(33)9-12-21(24)27)41-32(39)23-11-8-17(2)14-26(23)30(36)37/h3-9,12,15,22-23,25-26H,10-11,13-14H2,1-2H3,(H,34,35)(H,36,37). The van der Waals surface area contributed by atoms with Crippen LogP contribution in [-0.2, 0) is 19.2 Å². The number of carboxylic acids is 2. The predicted octanol–water partition coefficient (Wildman–Crippen LogP) is 6.57. The molecule has 4 atom stereocenters. The summed E-state index contributed by atoms with van der Waals surface area (Å²) < 4.78 is 11.9. The van der Waals surface area contributed by atoms with Gasteiger partial charge in [0.25, 0.3) is 0 Å². The lowest BCUT2D eigenvalue weighted by molar-refractivity contribution is -0.152. The average molecular weight is 577 g/mol. The van der Waals surface area contributed by atoms with Crippen LogP contribution in [0, 0.1) is 23.7 Å². The first kappa shape index (κ1) is 28.4. The number of esters is 2. The Balaban J connectivity index is 1.59. The van der Waals surface area contributed by atoms with E-state index in [4.69, 9.17) is 21.1 Å². The maximum atomic E-state index is 13.5. The number of halogens is 1. The van der Waals surface area contributed by atoms with E-state index in [-0.39, 0.29) is 37.2 Å². The first-order valence-electron chi connectivity index (χ1n) is 13.4. The van der Waals surface area contributed by atoms with Gasteiger partial charge < -0.3 is 19.7 Å². The van der Waals surface area contributed by atoms with Crippen LogP contribution in [0.1, 0.15) is 39.5 Å². The molecule has 0 aromatic heterocycles. The second kappa shape index (κ2) is 11.4. The Labute approximate surface area is 241 Å². The van der Waals surface area contributed by atoms with Crippen molar-refractivity contribution in [1.82, 2.24) is 0 Å². The van der Waals surface area contributed by atoms with Crippen molar-refractivity contribution in [1.29, 1.82) is 0 Å². The van der Waals surface area contributed by atoms with Gasteiger partial charge in [0.1, 0.15) is 11.5 Å². The number of hydrogen-bond donors (Lipinski definition) is 2. The fourth-order valence-electron chi connectivity index (χ4n) is 5.81. The van der Waals surface area contributed by atoms with E-state index in [1.807, 2.05) is 26.0 Å². The maximum absolute atomic E-state index is 13.5. The van der Waals surface area contributed by atoms with Crippen molar-refractivity contribution in [2.45, 2.75) is 39.5 Å². The van der Waals surface area contributed by atoms with Gasteiger partial charge in [-0.25, -0.2) is 0 Å². The van der Waals surface area contributed by atoms with E-state index in [9.17, 15) is 29.4 Å². The van der Waals surface area contributed by atoms with Gasteiger partial charge in [-0.1, -0.05) is 59.2 Å². The van der Waals surface area contributed by atoms with Gasteiger partial charge in [0.2, 0.25) is 0 Å². The Morgan fingerprint density at radius 2 is 1.12 bits per heavy atom. The summed E-state index contributed by atoms with van der Waals surface area (Å²) in [5, 5.41) is 21.7. The van der Waals surface area contributed by atoms with Gasteiger partial charge in [-0.2, -0.15) is 0 Å². The highest BCUT2D eigenvalue weighted by atomic mass is 35.5. The lowest BCUT2D eigenvalue weighted by Crippen LogP contribution is -2.35. The Bertz CT molecular complexity index is 1650. The predicted molar refractivity (Wildman–Crippen MR) is 153 cm³/mol. The quantitative estimate of drug-likeness (QED) is 0.146. The number of ether oxygens (including phenoxy) is 2. The van der Waals surface area contributed by atoms with Crippen molar-refractivity contribution >= 4 is 57.0 Å². The van der Waals surface area contributed by atoms with E-state index in [0.717, 1.165) is 11.1 Å². The summed E-state index contributed by atoms with van der Waals surface area (Å²) in [5.74, 6) is -6.65. The van der Waals surface area contributed by atoms with Crippen LogP contribution in [0.2, 0.25) is 5.02 Å². The highest BCUT2D eigenvalue weighted by Crippen LogP contribution is 2.45. The van der Waals surface area contributed by atoms with E-state index < -0.39 is 47.5 Å². The van der Waals surface area contributed by atoms with Crippen LogP contribution in [0.3, 0.4) is 0 Å². The summed E-state index contributed by atoms with van der Waals surface area (Å²) in [4.78, 5) is 50.8.